The molecule has 2 atom stereocenters. The highest BCUT2D eigenvalue weighted by Gasteiger charge is 2.25. The fourth-order valence-corrected chi connectivity index (χ4v) is 2.80. The maximum atomic E-state index is 11.9. The molecule has 6 nitrogen and oxygen atoms in total. The van der Waals surface area contributed by atoms with Crippen molar-refractivity contribution in [1.82, 2.24) is 20.2 Å². The van der Waals surface area contributed by atoms with Crippen LogP contribution in [0.3, 0.4) is 0 Å². The first kappa shape index (κ1) is 15.8. The van der Waals surface area contributed by atoms with E-state index in [0.717, 1.165) is 38.6 Å². The van der Waals surface area contributed by atoms with Gasteiger partial charge in [0.25, 0.3) is 0 Å². The Bertz CT molecular complexity index is 408. The monoisotopic (exact) mass is 294 g/mol. The molecular weight excluding hydrogens is 268 g/mol. The molecule has 1 aliphatic carbocycles. The fourth-order valence-electron chi connectivity index (χ4n) is 2.80. The molecule has 21 heavy (non-hydrogen) atoms. The molecule has 0 bridgehead atoms. The molecule has 1 aliphatic rings. The first-order valence-corrected chi connectivity index (χ1v) is 7.82. The van der Waals surface area contributed by atoms with Crippen LogP contribution in [0.4, 0.5) is 4.79 Å². The number of hydrogen-bond acceptors (Lipinski definition) is 3. The number of methoxy groups -OCH3 is 1. The Morgan fingerprint density at radius 2 is 2.24 bits per heavy atom. The molecule has 0 radical (unpaired) electrons. The van der Waals surface area contributed by atoms with E-state index in [1.165, 1.54) is 6.42 Å². The van der Waals surface area contributed by atoms with Crippen molar-refractivity contribution in [1.29, 1.82) is 0 Å². The third-order valence-corrected chi connectivity index (χ3v) is 4.01. The lowest BCUT2D eigenvalue weighted by molar-refractivity contribution is 0.0452. The van der Waals surface area contributed by atoms with Crippen molar-refractivity contribution in [3.05, 3.63) is 18.7 Å². The number of carbonyl (C=O) groups excluding carboxylic acids is 1. The van der Waals surface area contributed by atoms with Gasteiger partial charge in [-0.25, -0.2) is 9.78 Å². The number of carbonyl (C=O) groups is 1. The van der Waals surface area contributed by atoms with Gasteiger partial charge in [-0.3, -0.25) is 0 Å². The van der Waals surface area contributed by atoms with Gasteiger partial charge in [0.1, 0.15) is 0 Å². The number of urea groups is 1. The van der Waals surface area contributed by atoms with Crippen LogP contribution in [0, 0.1) is 0 Å². The second kappa shape index (κ2) is 8.67. The maximum Gasteiger partial charge on any atom is 0.315 e. The number of rotatable bonds is 7. The van der Waals surface area contributed by atoms with Crippen molar-refractivity contribution < 1.29 is 9.53 Å². The summed E-state index contributed by atoms with van der Waals surface area (Å²) in [5.74, 6) is 0. The largest absolute Gasteiger partial charge is 0.379 e. The quantitative estimate of drug-likeness (QED) is 0.755. The number of hydrogen-bond donors (Lipinski definition) is 2. The lowest BCUT2D eigenvalue weighted by Crippen LogP contribution is -2.49. The summed E-state index contributed by atoms with van der Waals surface area (Å²) in [6.07, 6.45) is 12.1. The SMILES string of the molecule is CO[C@H]1CCCC[C@@H]1NC(=O)NCCCCn1ccnc1. The lowest BCUT2D eigenvalue weighted by atomic mass is 9.92. The van der Waals surface area contributed by atoms with Crippen molar-refractivity contribution in [3.63, 3.8) is 0 Å². The fraction of sp³-hybridized carbons (Fsp3) is 0.733. The highest BCUT2D eigenvalue weighted by Crippen LogP contribution is 2.20. The van der Waals surface area contributed by atoms with Crippen LogP contribution in [0.1, 0.15) is 38.5 Å². The summed E-state index contributed by atoms with van der Waals surface area (Å²) in [6.45, 7) is 1.64. The molecular formula is C15H26N4O2. The highest BCUT2D eigenvalue weighted by atomic mass is 16.5. The lowest BCUT2D eigenvalue weighted by Gasteiger charge is -2.31. The van der Waals surface area contributed by atoms with Crippen LogP contribution in [0.25, 0.3) is 0 Å². The average molecular weight is 294 g/mol. The number of unbranched alkanes of at least 4 members (excludes halogenated alkanes) is 1. The molecule has 2 amide bonds. The number of aryl methyl sites for hydroxylation is 1. The van der Waals surface area contributed by atoms with Crippen molar-refractivity contribution in [2.24, 2.45) is 0 Å². The van der Waals surface area contributed by atoms with E-state index in [1.54, 1.807) is 13.3 Å². The van der Waals surface area contributed by atoms with Crippen molar-refractivity contribution in [3.8, 4) is 0 Å². The zero-order valence-corrected chi connectivity index (χ0v) is 12.8. The average Bonchev–Trinajstić information content (AvgIpc) is 3.01. The summed E-state index contributed by atoms with van der Waals surface area (Å²) in [4.78, 5) is 15.9. The Morgan fingerprint density at radius 3 is 3.00 bits per heavy atom. The van der Waals surface area contributed by atoms with E-state index < -0.39 is 0 Å². The second-order valence-electron chi connectivity index (χ2n) is 5.57. The van der Waals surface area contributed by atoms with Crippen LogP contribution in [0.2, 0.25) is 0 Å². The summed E-state index contributed by atoms with van der Waals surface area (Å²) in [5.41, 5.74) is 0. The van der Waals surface area contributed by atoms with Gasteiger partial charge in [0, 0.05) is 32.6 Å². The van der Waals surface area contributed by atoms with Gasteiger partial charge in [0.2, 0.25) is 0 Å². The van der Waals surface area contributed by atoms with Gasteiger partial charge in [0.05, 0.1) is 18.5 Å². The third-order valence-electron chi connectivity index (χ3n) is 4.01. The number of ether oxygens (including phenoxy) is 1. The number of nitrogens with one attached hydrogen (secondary N) is 2. The number of aromatic nitrogens is 2. The first-order chi connectivity index (χ1) is 10.3. The van der Waals surface area contributed by atoms with Gasteiger partial charge in [-0.05, 0) is 25.7 Å². The number of nitrogens with zero attached hydrogens (tertiary/aromatic N) is 2. The van der Waals surface area contributed by atoms with Gasteiger partial charge in [-0.2, -0.15) is 0 Å². The summed E-state index contributed by atoms with van der Waals surface area (Å²) in [7, 11) is 1.72. The summed E-state index contributed by atoms with van der Waals surface area (Å²) < 4.78 is 7.48. The van der Waals surface area contributed by atoms with Gasteiger partial charge in [-0.15, -0.1) is 0 Å². The minimum atomic E-state index is -0.0772. The van der Waals surface area contributed by atoms with Crippen molar-refractivity contribution >= 4 is 6.03 Å². The van der Waals surface area contributed by atoms with Crippen LogP contribution in [0.15, 0.2) is 18.7 Å². The summed E-state index contributed by atoms with van der Waals surface area (Å²) >= 11 is 0. The molecule has 0 aliphatic heterocycles. The van der Waals surface area contributed by atoms with E-state index in [-0.39, 0.29) is 18.2 Å². The Hall–Kier alpha value is -1.56. The van der Waals surface area contributed by atoms with E-state index in [1.807, 2.05) is 17.1 Å². The molecule has 118 valence electrons. The van der Waals surface area contributed by atoms with Crippen LogP contribution in [0.5, 0.6) is 0 Å². The predicted molar refractivity (Wildman–Crippen MR) is 81.0 cm³/mol. The van der Waals surface area contributed by atoms with Gasteiger partial charge >= 0.3 is 6.03 Å². The van der Waals surface area contributed by atoms with Crippen LogP contribution in [-0.2, 0) is 11.3 Å². The van der Waals surface area contributed by atoms with Gasteiger partial charge in [-0.1, -0.05) is 12.8 Å². The van der Waals surface area contributed by atoms with Crippen LogP contribution >= 0.6 is 0 Å². The molecule has 1 aromatic heterocycles. The van der Waals surface area contributed by atoms with Gasteiger partial charge < -0.3 is 19.9 Å². The summed E-state index contributed by atoms with van der Waals surface area (Å²) in [5, 5.41) is 5.96. The maximum absolute atomic E-state index is 11.9. The molecule has 0 saturated heterocycles. The molecule has 0 aromatic carbocycles. The van der Waals surface area contributed by atoms with E-state index in [9.17, 15) is 4.79 Å². The van der Waals surface area contributed by atoms with Crippen LogP contribution in [-0.4, -0.2) is 41.4 Å². The topological polar surface area (TPSA) is 68.2 Å². The molecule has 1 heterocycles. The molecule has 1 fully saturated rings. The Kier molecular flexibility index (Phi) is 6.53. The normalized spacial score (nSPS) is 22.0. The molecule has 2 N–H and O–H groups in total. The predicted octanol–water partition coefficient (Wildman–Crippen LogP) is 1.92. The molecule has 6 heteroatoms. The molecule has 0 unspecified atom stereocenters. The summed E-state index contributed by atoms with van der Waals surface area (Å²) in [6, 6.07) is 0.0706. The zero-order chi connectivity index (χ0) is 14.9. The Balaban J connectivity index is 1.56. The van der Waals surface area contributed by atoms with E-state index in [4.69, 9.17) is 4.74 Å². The molecule has 1 aromatic rings. The van der Waals surface area contributed by atoms with E-state index in [2.05, 4.69) is 15.6 Å². The van der Waals surface area contributed by atoms with E-state index >= 15 is 0 Å². The van der Waals surface area contributed by atoms with E-state index in [0.29, 0.717) is 6.54 Å². The number of imidazole rings is 1. The van der Waals surface area contributed by atoms with Gasteiger partial charge in [0.15, 0.2) is 0 Å². The van der Waals surface area contributed by atoms with Crippen LogP contribution < -0.4 is 10.6 Å². The molecule has 2 rings (SSSR count). The minimum Gasteiger partial charge on any atom is -0.379 e. The first-order valence-electron chi connectivity index (χ1n) is 7.82. The Morgan fingerprint density at radius 1 is 1.38 bits per heavy atom. The Labute approximate surface area is 126 Å². The molecule has 0 spiro atoms. The second-order valence-corrected chi connectivity index (χ2v) is 5.57. The number of amides is 2. The standard InChI is InChI=1S/C15H26N4O2/c1-21-14-7-3-2-6-13(14)18-15(20)17-8-4-5-10-19-11-9-16-12-19/h9,11-14H,2-8,10H2,1H3,(H2,17,18,20)/t13-,14-/m0/s1. The zero-order valence-electron chi connectivity index (χ0n) is 12.8. The highest BCUT2D eigenvalue weighted by molar-refractivity contribution is 5.74. The molecule has 1 saturated carbocycles. The third kappa shape index (κ3) is 5.38. The smallest absolute Gasteiger partial charge is 0.315 e. The minimum absolute atomic E-state index is 0.0772. The van der Waals surface area contributed by atoms with Crippen molar-refractivity contribution in [2.75, 3.05) is 13.7 Å². The van der Waals surface area contributed by atoms with Crippen molar-refractivity contribution in [2.45, 2.75) is 57.2 Å².